The Hall–Kier alpha value is -2.24. The van der Waals surface area contributed by atoms with Crippen LogP contribution in [0.25, 0.3) is 0 Å². The van der Waals surface area contributed by atoms with Crippen LogP contribution in [0.1, 0.15) is 30.6 Å². The minimum atomic E-state index is -0.922. The summed E-state index contributed by atoms with van der Waals surface area (Å²) < 4.78 is 10.2. The summed E-state index contributed by atoms with van der Waals surface area (Å²) in [6.45, 7) is 2.00. The maximum absolute atomic E-state index is 11.9. The van der Waals surface area contributed by atoms with E-state index in [1.54, 1.807) is 25.1 Å². The summed E-state index contributed by atoms with van der Waals surface area (Å²) in [5, 5.41) is 14.0. The van der Waals surface area contributed by atoms with E-state index < -0.39 is 18.2 Å². The molecule has 1 unspecified atom stereocenters. The van der Waals surface area contributed by atoms with Gasteiger partial charge in [-0.2, -0.15) is 0 Å². The number of aryl methyl sites for hydroxylation is 1. The van der Waals surface area contributed by atoms with E-state index in [4.69, 9.17) is 21.1 Å². The summed E-state index contributed by atoms with van der Waals surface area (Å²) in [4.78, 5) is 11.9. The number of hydrogen-bond acceptors (Lipinski definition) is 4. The van der Waals surface area contributed by atoms with Crippen LogP contribution < -0.4 is 10.1 Å². The Balaban J connectivity index is 2.16. The van der Waals surface area contributed by atoms with Gasteiger partial charge < -0.3 is 19.9 Å². The summed E-state index contributed by atoms with van der Waals surface area (Å²) in [6, 6.07) is 14.4. The van der Waals surface area contributed by atoms with Crippen LogP contribution in [0.5, 0.6) is 5.75 Å². The molecule has 6 heteroatoms. The van der Waals surface area contributed by atoms with Gasteiger partial charge in [0.1, 0.15) is 5.75 Å². The lowest BCUT2D eigenvalue weighted by molar-refractivity contribution is 0.104. The predicted molar refractivity (Wildman–Crippen MR) is 102 cm³/mol. The SMILES string of the molecule is CCOC(=O)N[C@@H](CCc1ccccc1)C(O)c1ccc(Cl)c(OC)c1. The maximum atomic E-state index is 11.9. The Morgan fingerprint density at radius 1 is 1.23 bits per heavy atom. The summed E-state index contributed by atoms with van der Waals surface area (Å²) in [7, 11) is 1.52. The molecule has 0 fully saturated rings. The summed E-state index contributed by atoms with van der Waals surface area (Å²) in [5.41, 5.74) is 1.74. The van der Waals surface area contributed by atoms with Crippen LogP contribution in [0.4, 0.5) is 4.79 Å². The Kier molecular flexibility index (Phi) is 7.75. The van der Waals surface area contributed by atoms with E-state index in [0.717, 1.165) is 5.56 Å². The monoisotopic (exact) mass is 377 g/mol. The third-order valence-corrected chi connectivity index (χ3v) is 4.38. The number of benzene rings is 2. The average molecular weight is 378 g/mol. The number of halogens is 1. The van der Waals surface area contributed by atoms with Crippen molar-refractivity contribution in [1.82, 2.24) is 5.32 Å². The number of rotatable bonds is 8. The van der Waals surface area contributed by atoms with Gasteiger partial charge in [-0.3, -0.25) is 0 Å². The van der Waals surface area contributed by atoms with Crippen LogP contribution in [0, 0.1) is 0 Å². The van der Waals surface area contributed by atoms with E-state index in [2.05, 4.69) is 5.32 Å². The van der Waals surface area contributed by atoms with E-state index in [1.807, 2.05) is 30.3 Å². The van der Waals surface area contributed by atoms with Gasteiger partial charge in [0.05, 0.1) is 30.9 Å². The van der Waals surface area contributed by atoms with Crippen LogP contribution in [0.15, 0.2) is 48.5 Å². The van der Waals surface area contributed by atoms with Crippen molar-refractivity contribution in [3.63, 3.8) is 0 Å². The Bertz CT molecular complexity index is 708. The minimum Gasteiger partial charge on any atom is -0.495 e. The number of alkyl carbamates (subject to hydrolysis) is 1. The molecule has 5 nitrogen and oxygen atoms in total. The fourth-order valence-corrected chi connectivity index (χ4v) is 2.89. The van der Waals surface area contributed by atoms with Gasteiger partial charge in [0.15, 0.2) is 0 Å². The van der Waals surface area contributed by atoms with Crippen molar-refractivity contribution in [3.05, 3.63) is 64.7 Å². The van der Waals surface area contributed by atoms with E-state index in [-0.39, 0.29) is 6.61 Å². The van der Waals surface area contributed by atoms with Gasteiger partial charge in [0.2, 0.25) is 0 Å². The van der Waals surface area contributed by atoms with E-state index in [9.17, 15) is 9.90 Å². The van der Waals surface area contributed by atoms with Gasteiger partial charge in [0, 0.05) is 0 Å². The molecule has 26 heavy (non-hydrogen) atoms. The van der Waals surface area contributed by atoms with Crippen molar-refractivity contribution in [1.29, 1.82) is 0 Å². The fraction of sp³-hybridized carbons (Fsp3) is 0.350. The number of aliphatic hydroxyl groups is 1. The molecular weight excluding hydrogens is 354 g/mol. The molecule has 1 amide bonds. The third kappa shape index (κ3) is 5.64. The van der Waals surface area contributed by atoms with Crippen LogP contribution in [-0.2, 0) is 11.2 Å². The number of aliphatic hydroxyl groups excluding tert-OH is 1. The first-order chi connectivity index (χ1) is 12.5. The Morgan fingerprint density at radius 2 is 1.96 bits per heavy atom. The molecule has 0 spiro atoms. The first kappa shape index (κ1) is 20.1. The molecule has 0 aliphatic carbocycles. The highest BCUT2D eigenvalue weighted by Gasteiger charge is 2.24. The molecule has 0 aliphatic heterocycles. The van der Waals surface area contributed by atoms with E-state index in [0.29, 0.717) is 29.2 Å². The second-order valence-corrected chi connectivity index (χ2v) is 6.24. The van der Waals surface area contributed by atoms with Crippen LogP contribution in [0.2, 0.25) is 5.02 Å². The molecule has 2 rings (SSSR count). The van der Waals surface area contributed by atoms with Gasteiger partial charge >= 0.3 is 6.09 Å². The van der Waals surface area contributed by atoms with Crippen LogP contribution >= 0.6 is 11.6 Å². The van der Waals surface area contributed by atoms with Crippen molar-refractivity contribution in [3.8, 4) is 5.75 Å². The summed E-state index contributed by atoms with van der Waals surface area (Å²) in [5.74, 6) is 0.473. The topological polar surface area (TPSA) is 67.8 Å². The zero-order valence-corrected chi connectivity index (χ0v) is 15.7. The number of amides is 1. The molecule has 2 N–H and O–H groups in total. The Morgan fingerprint density at radius 3 is 2.62 bits per heavy atom. The molecule has 140 valence electrons. The van der Waals surface area contributed by atoms with E-state index >= 15 is 0 Å². The number of carbonyl (C=O) groups excluding carboxylic acids is 1. The van der Waals surface area contributed by atoms with Gasteiger partial charge in [-0.05, 0) is 43.0 Å². The zero-order chi connectivity index (χ0) is 18.9. The van der Waals surface area contributed by atoms with Crippen molar-refractivity contribution < 1.29 is 19.4 Å². The number of carbonyl (C=O) groups is 1. The average Bonchev–Trinajstić information content (AvgIpc) is 2.66. The smallest absolute Gasteiger partial charge is 0.407 e. The van der Waals surface area contributed by atoms with Crippen molar-refractivity contribution in [2.24, 2.45) is 0 Å². The van der Waals surface area contributed by atoms with Gasteiger partial charge in [0.25, 0.3) is 0 Å². The lowest BCUT2D eigenvalue weighted by atomic mass is 9.96. The highest BCUT2D eigenvalue weighted by molar-refractivity contribution is 6.32. The molecule has 0 aliphatic rings. The number of hydrogen-bond donors (Lipinski definition) is 2. The fourth-order valence-electron chi connectivity index (χ4n) is 2.69. The molecule has 0 saturated carbocycles. The zero-order valence-electron chi connectivity index (χ0n) is 14.9. The second kappa shape index (κ2) is 10.0. The van der Waals surface area contributed by atoms with Gasteiger partial charge in [-0.1, -0.05) is 48.0 Å². The number of methoxy groups -OCH3 is 1. The lowest BCUT2D eigenvalue weighted by Crippen LogP contribution is -2.40. The first-order valence-corrected chi connectivity index (χ1v) is 8.91. The van der Waals surface area contributed by atoms with Crippen molar-refractivity contribution in [2.75, 3.05) is 13.7 Å². The molecule has 0 heterocycles. The predicted octanol–water partition coefficient (Wildman–Crippen LogP) is 4.13. The molecule has 0 bridgehead atoms. The van der Waals surface area contributed by atoms with Gasteiger partial charge in [-0.25, -0.2) is 4.79 Å². The largest absolute Gasteiger partial charge is 0.495 e. The molecule has 2 aromatic carbocycles. The molecule has 0 radical (unpaired) electrons. The minimum absolute atomic E-state index is 0.266. The quantitative estimate of drug-likeness (QED) is 0.725. The summed E-state index contributed by atoms with van der Waals surface area (Å²) >= 11 is 6.05. The molecule has 0 aromatic heterocycles. The van der Waals surface area contributed by atoms with Crippen molar-refractivity contribution in [2.45, 2.75) is 31.9 Å². The van der Waals surface area contributed by atoms with Crippen LogP contribution in [0.3, 0.4) is 0 Å². The van der Waals surface area contributed by atoms with E-state index in [1.165, 1.54) is 7.11 Å². The molecule has 2 atom stereocenters. The summed E-state index contributed by atoms with van der Waals surface area (Å²) in [6.07, 6.45) is -0.214. The first-order valence-electron chi connectivity index (χ1n) is 8.53. The lowest BCUT2D eigenvalue weighted by Gasteiger charge is -2.24. The molecule has 0 saturated heterocycles. The highest BCUT2D eigenvalue weighted by atomic mass is 35.5. The molecule has 2 aromatic rings. The van der Waals surface area contributed by atoms with Crippen molar-refractivity contribution >= 4 is 17.7 Å². The highest BCUT2D eigenvalue weighted by Crippen LogP contribution is 2.30. The standard InChI is InChI=1S/C20H24ClNO4/c1-3-26-20(24)22-17(12-9-14-7-5-4-6-8-14)19(23)15-10-11-16(21)18(13-15)25-2/h4-8,10-11,13,17,19,23H,3,9,12H2,1-2H3,(H,22,24)/t17-,19?/m0/s1. The van der Waals surface area contributed by atoms with Crippen LogP contribution in [-0.4, -0.2) is 31.0 Å². The Labute approximate surface area is 158 Å². The second-order valence-electron chi connectivity index (χ2n) is 5.83. The number of nitrogens with one attached hydrogen (secondary N) is 1. The molecular formula is C20H24ClNO4. The number of ether oxygens (including phenoxy) is 2. The third-order valence-electron chi connectivity index (χ3n) is 4.06. The maximum Gasteiger partial charge on any atom is 0.407 e. The normalized spacial score (nSPS) is 12.9. The van der Waals surface area contributed by atoms with Gasteiger partial charge in [-0.15, -0.1) is 0 Å².